The lowest BCUT2D eigenvalue weighted by Crippen LogP contribution is -2.49. The number of likely N-dealkylation sites (N-methyl/N-ethyl adjacent to an activating group) is 1. The number of anilines is 1. The van der Waals surface area contributed by atoms with Crippen molar-refractivity contribution < 1.29 is 14.3 Å². The lowest BCUT2D eigenvalue weighted by molar-refractivity contribution is -0.146. The van der Waals surface area contributed by atoms with Crippen LogP contribution in [0.25, 0.3) is 0 Å². The van der Waals surface area contributed by atoms with E-state index in [1.165, 1.54) is 0 Å². The average Bonchev–Trinajstić information content (AvgIpc) is 2.40. The first-order chi connectivity index (χ1) is 9.54. The first-order valence-electron chi connectivity index (χ1n) is 6.20. The van der Waals surface area contributed by atoms with Gasteiger partial charge in [0.25, 0.3) is 0 Å². The zero-order chi connectivity index (χ0) is 14.5. The van der Waals surface area contributed by atoms with Crippen molar-refractivity contribution >= 4 is 29.2 Å². The van der Waals surface area contributed by atoms with Crippen LogP contribution in [-0.4, -0.2) is 49.7 Å². The number of hydrogen-bond donors (Lipinski definition) is 2. The van der Waals surface area contributed by atoms with Gasteiger partial charge in [-0.2, -0.15) is 0 Å². The van der Waals surface area contributed by atoms with E-state index in [1.54, 1.807) is 36.2 Å². The quantitative estimate of drug-likeness (QED) is 0.884. The van der Waals surface area contributed by atoms with Crippen LogP contribution in [0, 0.1) is 0 Å². The Morgan fingerprint density at radius 1 is 1.55 bits per heavy atom. The van der Waals surface area contributed by atoms with Gasteiger partial charge in [-0.1, -0.05) is 17.7 Å². The Bertz CT molecular complexity index is 509. The molecule has 0 saturated carbocycles. The number of amides is 3. The van der Waals surface area contributed by atoms with Crippen LogP contribution < -0.4 is 10.6 Å². The molecule has 0 radical (unpaired) electrons. The Morgan fingerprint density at radius 3 is 3.05 bits per heavy atom. The smallest absolute Gasteiger partial charge is 0.319 e. The van der Waals surface area contributed by atoms with Crippen LogP contribution in [0.3, 0.4) is 0 Å². The second kappa shape index (κ2) is 6.58. The van der Waals surface area contributed by atoms with Gasteiger partial charge in [0.05, 0.1) is 6.10 Å². The molecule has 1 unspecified atom stereocenters. The number of hydrogen-bond acceptors (Lipinski definition) is 3. The van der Waals surface area contributed by atoms with Gasteiger partial charge in [-0.3, -0.25) is 4.79 Å². The summed E-state index contributed by atoms with van der Waals surface area (Å²) < 4.78 is 5.33. The predicted molar refractivity (Wildman–Crippen MR) is 75.9 cm³/mol. The number of nitrogens with zero attached hydrogens (tertiary/aromatic N) is 1. The lowest BCUT2D eigenvalue weighted by Gasteiger charge is -2.29. The molecule has 108 valence electrons. The van der Waals surface area contributed by atoms with Crippen LogP contribution >= 0.6 is 11.6 Å². The molecule has 2 N–H and O–H groups in total. The van der Waals surface area contributed by atoms with Crippen LogP contribution in [0.2, 0.25) is 5.02 Å². The zero-order valence-electron chi connectivity index (χ0n) is 11.1. The molecular formula is C13H16ClN3O3. The number of ether oxygens (including phenoxy) is 1. The normalized spacial score (nSPS) is 18.8. The monoisotopic (exact) mass is 297 g/mol. The second-order valence-corrected chi connectivity index (χ2v) is 4.99. The maximum atomic E-state index is 11.7. The van der Waals surface area contributed by atoms with E-state index >= 15 is 0 Å². The van der Waals surface area contributed by atoms with Crippen molar-refractivity contribution in [3.05, 3.63) is 29.3 Å². The topological polar surface area (TPSA) is 70.7 Å². The molecule has 1 aromatic carbocycles. The van der Waals surface area contributed by atoms with Crippen LogP contribution in [0.1, 0.15) is 0 Å². The average molecular weight is 298 g/mol. The van der Waals surface area contributed by atoms with Crippen molar-refractivity contribution in [2.24, 2.45) is 0 Å². The van der Waals surface area contributed by atoms with Crippen molar-refractivity contribution in [1.29, 1.82) is 0 Å². The van der Waals surface area contributed by atoms with E-state index in [0.29, 0.717) is 23.8 Å². The van der Waals surface area contributed by atoms with Gasteiger partial charge in [0, 0.05) is 30.8 Å². The van der Waals surface area contributed by atoms with E-state index in [1.807, 2.05) is 0 Å². The van der Waals surface area contributed by atoms with Crippen LogP contribution in [0.4, 0.5) is 10.5 Å². The maximum Gasteiger partial charge on any atom is 0.319 e. The maximum absolute atomic E-state index is 11.7. The van der Waals surface area contributed by atoms with Crippen molar-refractivity contribution in [3.63, 3.8) is 0 Å². The Kier molecular flexibility index (Phi) is 4.81. The molecule has 6 nitrogen and oxygen atoms in total. The van der Waals surface area contributed by atoms with Crippen molar-refractivity contribution in [3.8, 4) is 0 Å². The van der Waals surface area contributed by atoms with Gasteiger partial charge in [-0.15, -0.1) is 0 Å². The third-order valence-electron chi connectivity index (χ3n) is 2.92. The standard InChI is InChI=1S/C13H16ClN3O3/c1-17-7-11(20-8-12(17)18)6-15-13(19)16-10-4-2-3-9(14)5-10/h2-5,11H,6-8H2,1H3,(H2,15,16,19). The summed E-state index contributed by atoms with van der Waals surface area (Å²) in [6.45, 7) is 0.860. The molecule has 2 rings (SSSR count). The van der Waals surface area contributed by atoms with E-state index in [4.69, 9.17) is 16.3 Å². The minimum Gasteiger partial charge on any atom is -0.365 e. The molecule has 1 atom stereocenters. The molecule has 0 bridgehead atoms. The highest BCUT2D eigenvalue weighted by molar-refractivity contribution is 6.30. The molecule has 1 heterocycles. The first kappa shape index (κ1) is 14.6. The van der Waals surface area contributed by atoms with Gasteiger partial charge >= 0.3 is 6.03 Å². The van der Waals surface area contributed by atoms with Gasteiger partial charge < -0.3 is 20.3 Å². The summed E-state index contributed by atoms with van der Waals surface area (Å²) in [5.41, 5.74) is 0.617. The summed E-state index contributed by atoms with van der Waals surface area (Å²) in [5, 5.41) is 5.93. The number of nitrogens with one attached hydrogen (secondary N) is 2. The van der Waals surface area contributed by atoms with Crippen molar-refractivity contribution in [2.75, 3.05) is 32.1 Å². The summed E-state index contributed by atoms with van der Waals surface area (Å²) in [6, 6.07) is 6.55. The molecule has 7 heteroatoms. The van der Waals surface area contributed by atoms with Gasteiger partial charge in [0.1, 0.15) is 6.61 Å². The molecule has 0 spiro atoms. The molecule has 1 saturated heterocycles. The predicted octanol–water partition coefficient (Wildman–Crippen LogP) is 1.32. The number of benzene rings is 1. The number of urea groups is 1. The Hall–Kier alpha value is -1.79. The van der Waals surface area contributed by atoms with Gasteiger partial charge in [-0.25, -0.2) is 4.79 Å². The number of morpholine rings is 1. The Morgan fingerprint density at radius 2 is 2.35 bits per heavy atom. The summed E-state index contributed by atoms with van der Waals surface area (Å²) in [4.78, 5) is 24.5. The lowest BCUT2D eigenvalue weighted by atomic mass is 10.3. The highest BCUT2D eigenvalue weighted by Gasteiger charge is 2.23. The molecule has 3 amide bonds. The highest BCUT2D eigenvalue weighted by Crippen LogP contribution is 2.14. The van der Waals surface area contributed by atoms with Gasteiger partial charge in [0.15, 0.2) is 0 Å². The van der Waals surface area contributed by atoms with E-state index in [0.717, 1.165) is 0 Å². The zero-order valence-corrected chi connectivity index (χ0v) is 11.8. The molecule has 20 heavy (non-hydrogen) atoms. The number of rotatable bonds is 3. The molecule has 0 aliphatic carbocycles. The number of carbonyl (C=O) groups is 2. The van der Waals surface area contributed by atoms with Crippen LogP contribution in [0.5, 0.6) is 0 Å². The summed E-state index contributed by atoms with van der Waals surface area (Å²) in [7, 11) is 1.71. The minimum absolute atomic E-state index is 0.0513. The number of carbonyl (C=O) groups excluding carboxylic acids is 2. The molecule has 1 fully saturated rings. The SMILES string of the molecule is CN1CC(CNC(=O)Nc2cccc(Cl)c2)OCC1=O. The molecule has 1 aromatic rings. The van der Waals surface area contributed by atoms with Gasteiger partial charge in [-0.05, 0) is 18.2 Å². The first-order valence-corrected chi connectivity index (χ1v) is 6.58. The van der Waals surface area contributed by atoms with Gasteiger partial charge in [0.2, 0.25) is 5.91 Å². The second-order valence-electron chi connectivity index (χ2n) is 4.55. The van der Waals surface area contributed by atoms with E-state index in [-0.39, 0.29) is 24.6 Å². The Labute approximate surface area is 122 Å². The van der Waals surface area contributed by atoms with Crippen LogP contribution in [-0.2, 0) is 9.53 Å². The Balaban J connectivity index is 1.77. The minimum atomic E-state index is -0.338. The summed E-state index contributed by atoms with van der Waals surface area (Å²) >= 11 is 5.83. The number of halogens is 1. The fourth-order valence-corrected chi connectivity index (χ4v) is 2.02. The third kappa shape index (κ3) is 4.11. The third-order valence-corrected chi connectivity index (χ3v) is 3.15. The summed E-state index contributed by atoms with van der Waals surface area (Å²) in [5.74, 6) is -0.0513. The summed E-state index contributed by atoms with van der Waals surface area (Å²) in [6.07, 6.45) is -0.192. The molecule has 1 aliphatic heterocycles. The fraction of sp³-hybridized carbons (Fsp3) is 0.385. The van der Waals surface area contributed by atoms with Crippen LogP contribution in [0.15, 0.2) is 24.3 Å². The van der Waals surface area contributed by atoms with E-state index in [2.05, 4.69) is 10.6 Å². The van der Waals surface area contributed by atoms with E-state index in [9.17, 15) is 9.59 Å². The van der Waals surface area contributed by atoms with Crippen molar-refractivity contribution in [2.45, 2.75) is 6.10 Å². The largest absolute Gasteiger partial charge is 0.365 e. The molecule has 1 aliphatic rings. The fourth-order valence-electron chi connectivity index (χ4n) is 1.83. The highest BCUT2D eigenvalue weighted by atomic mass is 35.5. The molecule has 0 aromatic heterocycles. The van der Waals surface area contributed by atoms with E-state index < -0.39 is 0 Å². The van der Waals surface area contributed by atoms with Crippen molar-refractivity contribution in [1.82, 2.24) is 10.2 Å². The molecular weight excluding hydrogens is 282 g/mol.